The molecule has 6 nitrogen and oxygen atoms in total. The van der Waals surface area contributed by atoms with Crippen molar-refractivity contribution < 1.29 is 14.0 Å². The molecule has 1 aromatic heterocycles. The molecule has 0 unspecified atom stereocenters. The van der Waals surface area contributed by atoms with Crippen LogP contribution in [0.3, 0.4) is 0 Å². The van der Waals surface area contributed by atoms with Gasteiger partial charge in [-0.1, -0.05) is 43.3 Å². The molecule has 2 amide bonds. The van der Waals surface area contributed by atoms with Crippen molar-refractivity contribution in [2.75, 3.05) is 6.54 Å². The molecule has 1 N–H and O–H groups in total. The predicted octanol–water partition coefficient (Wildman–Crippen LogP) is 4.66. The van der Waals surface area contributed by atoms with Gasteiger partial charge in [-0.25, -0.2) is 9.37 Å². The summed E-state index contributed by atoms with van der Waals surface area (Å²) in [5.41, 5.74) is 2.36. The van der Waals surface area contributed by atoms with E-state index >= 15 is 0 Å². The number of nitrogens with zero attached hydrogens (tertiary/aromatic N) is 3. The summed E-state index contributed by atoms with van der Waals surface area (Å²) in [5.74, 6) is -1.16. The van der Waals surface area contributed by atoms with E-state index in [1.807, 2.05) is 52.0 Å². The average Bonchev–Trinajstić information content (AvgIpc) is 2.83. The molecule has 0 saturated heterocycles. The Morgan fingerprint density at radius 3 is 2.41 bits per heavy atom. The predicted molar refractivity (Wildman–Crippen MR) is 130 cm³/mol. The Balaban J connectivity index is 2.05. The van der Waals surface area contributed by atoms with Crippen LogP contribution in [0.25, 0.3) is 0 Å². The van der Waals surface area contributed by atoms with Gasteiger partial charge in [0.15, 0.2) is 0 Å². The van der Waals surface area contributed by atoms with Gasteiger partial charge in [0.25, 0.3) is 5.91 Å². The van der Waals surface area contributed by atoms with Crippen LogP contribution in [0.15, 0.2) is 67.1 Å². The average molecular weight is 463 g/mol. The van der Waals surface area contributed by atoms with Gasteiger partial charge in [-0.3, -0.25) is 14.6 Å². The first-order chi connectivity index (χ1) is 16.2. The van der Waals surface area contributed by atoms with Crippen LogP contribution in [0.2, 0.25) is 0 Å². The van der Waals surface area contributed by atoms with Crippen LogP contribution in [0.5, 0.6) is 0 Å². The SMILES string of the molecule is CCC(C)(C)NC(=O)[C@H](c1ccc(F)cc1)N(CCc1ccccc1C)C(=O)c1cnccn1. The lowest BCUT2D eigenvalue weighted by molar-refractivity contribution is -0.127. The smallest absolute Gasteiger partial charge is 0.275 e. The molecule has 7 heteroatoms. The third kappa shape index (κ3) is 6.25. The maximum atomic E-state index is 13.7. The molecule has 2 aromatic carbocycles. The third-order valence-corrected chi connectivity index (χ3v) is 6.02. The van der Waals surface area contributed by atoms with Crippen molar-refractivity contribution in [3.05, 3.63) is 95.3 Å². The number of carbonyl (C=O) groups excluding carboxylic acids is 2. The number of aryl methyl sites for hydroxylation is 1. The van der Waals surface area contributed by atoms with Crippen LogP contribution in [0.4, 0.5) is 4.39 Å². The molecule has 0 spiro atoms. The summed E-state index contributed by atoms with van der Waals surface area (Å²) in [6.45, 7) is 8.11. The number of halogens is 1. The van der Waals surface area contributed by atoms with Crippen molar-refractivity contribution in [3.8, 4) is 0 Å². The van der Waals surface area contributed by atoms with Crippen molar-refractivity contribution in [1.29, 1.82) is 0 Å². The van der Waals surface area contributed by atoms with Gasteiger partial charge in [-0.2, -0.15) is 0 Å². The second kappa shape index (κ2) is 11.0. The highest BCUT2D eigenvalue weighted by atomic mass is 19.1. The zero-order chi connectivity index (χ0) is 24.7. The minimum atomic E-state index is -0.968. The maximum absolute atomic E-state index is 13.7. The fourth-order valence-corrected chi connectivity index (χ4v) is 3.64. The topological polar surface area (TPSA) is 75.2 Å². The first kappa shape index (κ1) is 25.0. The number of aromatic nitrogens is 2. The summed E-state index contributed by atoms with van der Waals surface area (Å²) in [6.07, 6.45) is 5.57. The Hall–Kier alpha value is -3.61. The molecule has 0 aliphatic carbocycles. The molecule has 1 atom stereocenters. The Bertz CT molecular complexity index is 1120. The Morgan fingerprint density at radius 1 is 1.09 bits per heavy atom. The van der Waals surface area contributed by atoms with Crippen molar-refractivity contribution in [2.45, 2.75) is 52.1 Å². The molecule has 0 saturated carbocycles. The molecule has 0 radical (unpaired) electrons. The highest BCUT2D eigenvalue weighted by Crippen LogP contribution is 2.26. The van der Waals surface area contributed by atoms with Crippen molar-refractivity contribution in [2.24, 2.45) is 0 Å². The van der Waals surface area contributed by atoms with E-state index < -0.39 is 23.3 Å². The minimum Gasteiger partial charge on any atom is -0.349 e. The standard InChI is InChI=1S/C27H31FN4O2/c1-5-27(3,4)31-25(33)24(21-10-12-22(28)13-11-21)32(26(34)23-18-29-15-16-30-23)17-14-20-9-7-6-8-19(20)2/h6-13,15-16,18,24H,5,14,17H2,1-4H3,(H,31,33)/t24-/m0/s1. The summed E-state index contributed by atoms with van der Waals surface area (Å²) in [7, 11) is 0. The monoisotopic (exact) mass is 462 g/mol. The molecule has 1 heterocycles. The number of benzene rings is 2. The van der Waals surface area contributed by atoms with Crippen molar-refractivity contribution in [1.82, 2.24) is 20.2 Å². The Morgan fingerprint density at radius 2 is 1.79 bits per heavy atom. The number of nitrogens with one attached hydrogen (secondary N) is 1. The minimum absolute atomic E-state index is 0.141. The molecule has 34 heavy (non-hydrogen) atoms. The lowest BCUT2D eigenvalue weighted by atomic mass is 9.97. The highest BCUT2D eigenvalue weighted by Gasteiger charge is 2.34. The fraction of sp³-hybridized carbons (Fsp3) is 0.333. The van der Waals surface area contributed by atoms with E-state index in [1.54, 1.807) is 12.1 Å². The third-order valence-electron chi connectivity index (χ3n) is 6.02. The number of amides is 2. The molecule has 0 fully saturated rings. The summed E-state index contributed by atoms with van der Waals surface area (Å²) in [4.78, 5) is 37.0. The van der Waals surface area contributed by atoms with Crippen LogP contribution in [-0.2, 0) is 11.2 Å². The van der Waals surface area contributed by atoms with Crippen LogP contribution in [0, 0.1) is 12.7 Å². The van der Waals surface area contributed by atoms with Crippen LogP contribution >= 0.6 is 0 Å². The Kier molecular flexibility index (Phi) is 8.10. The van der Waals surface area contributed by atoms with E-state index in [2.05, 4.69) is 15.3 Å². The number of carbonyl (C=O) groups is 2. The van der Waals surface area contributed by atoms with Gasteiger partial charge in [0, 0.05) is 24.5 Å². The molecular weight excluding hydrogens is 431 g/mol. The normalized spacial score (nSPS) is 12.1. The van der Waals surface area contributed by atoms with E-state index in [4.69, 9.17) is 0 Å². The number of hydrogen-bond donors (Lipinski definition) is 1. The van der Waals surface area contributed by atoms with Crippen molar-refractivity contribution >= 4 is 11.8 Å². The maximum Gasteiger partial charge on any atom is 0.275 e. The van der Waals surface area contributed by atoms with Crippen molar-refractivity contribution in [3.63, 3.8) is 0 Å². The number of hydrogen-bond acceptors (Lipinski definition) is 4. The van der Waals surface area contributed by atoms with Gasteiger partial charge in [0.1, 0.15) is 17.6 Å². The van der Waals surface area contributed by atoms with Gasteiger partial charge < -0.3 is 10.2 Å². The van der Waals surface area contributed by atoms with Gasteiger partial charge in [0.2, 0.25) is 5.91 Å². The zero-order valence-corrected chi connectivity index (χ0v) is 20.1. The van der Waals surface area contributed by atoms with E-state index in [9.17, 15) is 14.0 Å². The molecular formula is C27H31FN4O2. The molecule has 0 aliphatic rings. The molecule has 0 bridgehead atoms. The fourth-order valence-electron chi connectivity index (χ4n) is 3.64. The van der Waals surface area contributed by atoms with Gasteiger partial charge in [-0.05, 0) is 62.4 Å². The number of rotatable bonds is 9. The van der Waals surface area contributed by atoms with Crippen LogP contribution < -0.4 is 5.32 Å². The van der Waals surface area contributed by atoms with E-state index in [0.29, 0.717) is 18.4 Å². The van der Waals surface area contributed by atoms with Crippen LogP contribution in [-0.4, -0.2) is 38.8 Å². The summed E-state index contributed by atoms with van der Waals surface area (Å²) in [5, 5.41) is 3.05. The van der Waals surface area contributed by atoms with Gasteiger partial charge in [0.05, 0.1) is 6.20 Å². The second-order valence-corrected chi connectivity index (χ2v) is 8.95. The lowest BCUT2D eigenvalue weighted by Crippen LogP contribution is -2.50. The molecule has 3 aromatic rings. The van der Waals surface area contributed by atoms with Gasteiger partial charge >= 0.3 is 0 Å². The van der Waals surface area contributed by atoms with Crippen LogP contribution in [0.1, 0.15) is 60.4 Å². The van der Waals surface area contributed by atoms with E-state index in [-0.39, 0.29) is 18.1 Å². The lowest BCUT2D eigenvalue weighted by Gasteiger charge is -2.34. The zero-order valence-electron chi connectivity index (χ0n) is 20.1. The summed E-state index contributed by atoms with van der Waals surface area (Å²) in [6, 6.07) is 12.6. The first-order valence-corrected chi connectivity index (χ1v) is 11.4. The first-order valence-electron chi connectivity index (χ1n) is 11.4. The molecule has 178 valence electrons. The van der Waals surface area contributed by atoms with E-state index in [0.717, 1.165) is 11.1 Å². The summed E-state index contributed by atoms with van der Waals surface area (Å²) >= 11 is 0. The second-order valence-electron chi connectivity index (χ2n) is 8.95. The summed E-state index contributed by atoms with van der Waals surface area (Å²) < 4.78 is 13.7. The molecule has 0 aliphatic heterocycles. The van der Waals surface area contributed by atoms with E-state index in [1.165, 1.54) is 35.6 Å². The Labute approximate surface area is 200 Å². The van der Waals surface area contributed by atoms with Gasteiger partial charge in [-0.15, -0.1) is 0 Å². The quantitative estimate of drug-likeness (QED) is 0.502. The molecule has 3 rings (SSSR count). The largest absolute Gasteiger partial charge is 0.349 e. The highest BCUT2D eigenvalue weighted by molar-refractivity contribution is 5.96.